The summed E-state index contributed by atoms with van der Waals surface area (Å²) in [7, 11) is 1.74. The number of nitrogens with one attached hydrogen (secondary N) is 1. The molecule has 0 aliphatic carbocycles. The lowest BCUT2D eigenvalue weighted by Gasteiger charge is -2.23. The summed E-state index contributed by atoms with van der Waals surface area (Å²) in [4.78, 5) is 13.8. The predicted octanol–water partition coefficient (Wildman–Crippen LogP) is 1.23. The van der Waals surface area contributed by atoms with Crippen LogP contribution in [0.4, 0.5) is 5.82 Å². The second kappa shape index (κ2) is 7.65. The average molecular weight is 417 g/mol. The van der Waals surface area contributed by atoms with Crippen molar-refractivity contribution in [1.82, 2.24) is 19.5 Å². The van der Waals surface area contributed by atoms with Crippen LogP contribution in [0.25, 0.3) is 11.2 Å². The zero-order valence-electron chi connectivity index (χ0n) is 17.4. The molecule has 2 aromatic heterocycles. The lowest BCUT2D eigenvalue weighted by atomic mass is 9.88. The van der Waals surface area contributed by atoms with Gasteiger partial charge in [-0.05, 0) is 25.8 Å². The summed E-state index contributed by atoms with van der Waals surface area (Å²) in [5, 5.41) is 41.8. The van der Waals surface area contributed by atoms with E-state index in [0.29, 0.717) is 22.8 Å². The number of anilines is 1. The van der Waals surface area contributed by atoms with E-state index in [9.17, 15) is 15.3 Å². The highest BCUT2D eigenvalue weighted by Crippen LogP contribution is 2.42. The van der Waals surface area contributed by atoms with Crippen molar-refractivity contribution in [2.45, 2.75) is 63.7 Å². The van der Waals surface area contributed by atoms with Crippen LogP contribution >= 0.6 is 0 Å². The molecular weight excluding hydrogens is 390 g/mol. The number of hydrogen-bond acceptors (Lipinski definition) is 10. The maximum absolute atomic E-state index is 10.5. The first-order valence-electron chi connectivity index (χ1n) is 10.0. The summed E-state index contributed by atoms with van der Waals surface area (Å²) in [6, 6.07) is 0. The fourth-order valence-corrected chi connectivity index (χ4v) is 4.11. The summed E-state index contributed by atoms with van der Waals surface area (Å²) in [5.74, 6) is 0.967. The Morgan fingerprint density at radius 3 is 2.67 bits per heavy atom. The lowest BCUT2D eigenvalue weighted by Crippen LogP contribution is -2.33. The number of fused-ring (bicyclic) bond motifs is 1. The molecule has 0 radical (unpaired) electrons. The Hall–Kier alpha value is -2.47. The number of azo groups is 1. The van der Waals surface area contributed by atoms with Gasteiger partial charge in [-0.1, -0.05) is 13.3 Å². The van der Waals surface area contributed by atoms with Crippen molar-refractivity contribution in [3.63, 3.8) is 0 Å². The number of ether oxygens (including phenoxy) is 1. The number of rotatable bonds is 6. The van der Waals surface area contributed by atoms with Gasteiger partial charge < -0.3 is 25.4 Å². The molecule has 5 atom stereocenters. The molecule has 2 aliphatic rings. The van der Waals surface area contributed by atoms with Gasteiger partial charge in [0.25, 0.3) is 0 Å². The third-order valence-corrected chi connectivity index (χ3v) is 5.81. The Bertz CT molecular complexity index is 1020. The zero-order valence-corrected chi connectivity index (χ0v) is 17.4. The van der Waals surface area contributed by atoms with Gasteiger partial charge in [-0.25, -0.2) is 15.0 Å². The highest BCUT2D eigenvalue weighted by Gasteiger charge is 2.45. The van der Waals surface area contributed by atoms with Crippen LogP contribution in [0.3, 0.4) is 0 Å². The van der Waals surface area contributed by atoms with Gasteiger partial charge in [-0.15, -0.1) is 0 Å². The second-order valence-electron chi connectivity index (χ2n) is 7.78. The minimum Gasteiger partial charge on any atom is -0.394 e. The van der Waals surface area contributed by atoms with E-state index in [1.165, 1.54) is 6.33 Å². The van der Waals surface area contributed by atoms with Crippen LogP contribution in [-0.2, 0) is 10.3 Å². The average Bonchev–Trinajstić information content (AvgIpc) is 3.38. The molecule has 0 spiro atoms. The Labute approximate surface area is 173 Å². The van der Waals surface area contributed by atoms with Crippen molar-refractivity contribution >= 4 is 17.0 Å². The molecule has 0 bridgehead atoms. The standard InChI is InChI=1S/C19H27N7O4/c1-5-6-10-9(2)24-25-19(10,3)18-22-15(20-4)12-16(23-18)26(8-21-12)17-14(29)13(28)11(7-27)30-17/h8,11,13-14,17,27-29H,5-7H2,1-4H3,(H,20,22,23)/t11-,13-,14-,17-,19?/m1/s1. The highest BCUT2D eigenvalue weighted by atomic mass is 16.6. The molecule has 0 aromatic carbocycles. The first-order chi connectivity index (χ1) is 14.3. The van der Waals surface area contributed by atoms with E-state index in [-0.39, 0.29) is 0 Å². The summed E-state index contributed by atoms with van der Waals surface area (Å²) in [6.07, 6.45) is -1.05. The number of allylic oxidation sites excluding steroid dienone is 1. The lowest BCUT2D eigenvalue weighted by molar-refractivity contribution is -0.0511. The molecule has 1 unspecified atom stereocenters. The number of aliphatic hydroxyl groups is 3. The van der Waals surface area contributed by atoms with Crippen LogP contribution in [0.5, 0.6) is 0 Å². The van der Waals surface area contributed by atoms with Crippen molar-refractivity contribution < 1.29 is 20.1 Å². The maximum Gasteiger partial charge on any atom is 0.168 e. The molecule has 11 heteroatoms. The van der Waals surface area contributed by atoms with E-state index < -0.39 is 36.7 Å². The quantitative estimate of drug-likeness (QED) is 0.548. The summed E-state index contributed by atoms with van der Waals surface area (Å²) < 4.78 is 7.22. The molecule has 4 heterocycles. The monoisotopic (exact) mass is 417 g/mol. The van der Waals surface area contributed by atoms with Crippen molar-refractivity contribution in [1.29, 1.82) is 0 Å². The van der Waals surface area contributed by atoms with E-state index in [2.05, 4.69) is 32.4 Å². The van der Waals surface area contributed by atoms with Gasteiger partial charge in [0.15, 0.2) is 34.6 Å². The molecule has 0 saturated carbocycles. The van der Waals surface area contributed by atoms with E-state index in [4.69, 9.17) is 9.72 Å². The first kappa shape index (κ1) is 20.8. The van der Waals surface area contributed by atoms with Crippen molar-refractivity contribution in [3.8, 4) is 0 Å². The fourth-order valence-electron chi connectivity index (χ4n) is 4.11. The van der Waals surface area contributed by atoms with Crippen LogP contribution < -0.4 is 5.32 Å². The van der Waals surface area contributed by atoms with Crippen LogP contribution in [0.1, 0.15) is 45.7 Å². The fraction of sp³-hybridized carbons (Fsp3) is 0.632. The summed E-state index contributed by atoms with van der Waals surface area (Å²) >= 11 is 0. The molecule has 2 aromatic rings. The summed E-state index contributed by atoms with van der Waals surface area (Å²) in [6.45, 7) is 5.55. The minimum absolute atomic E-state index is 0.410. The Morgan fingerprint density at radius 2 is 2.03 bits per heavy atom. The van der Waals surface area contributed by atoms with Gasteiger partial charge in [-0.2, -0.15) is 10.2 Å². The van der Waals surface area contributed by atoms with E-state index in [0.717, 1.165) is 24.1 Å². The molecule has 0 amide bonds. The minimum atomic E-state index is -1.24. The van der Waals surface area contributed by atoms with Gasteiger partial charge >= 0.3 is 0 Å². The Morgan fingerprint density at radius 1 is 1.27 bits per heavy atom. The highest BCUT2D eigenvalue weighted by molar-refractivity contribution is 5.83. The van der Waals surface area contributed by atoms with Gasteiger partial charge in [0, 0.05) is 7.05 Å². The smallest absolute Gasteiger partial charge is 0.168 e. The summed E-state index contributed by atoms with van der Waals surface area (Å²) in [5.41, 5.74) is 2.04. The van der Waals surface area contributed by atoms with Gasteiger partial charge in [0.05, 0.1) is 18.6 Å². The molecule has 30 heavy (non-hydrogen) atoms. The van der Waals surface area contributed by atoms with Crippen molar-refractivity contribution in [2.75, 3.05) is 19.0 Å². The maximum atomic E-state index is 10.5. The number of aromatic nitrogens is 4. The van der Waals surface area contributed by atoms with Crippen LogP contribution in [0.15, 0.2) is 27.8 Å². The van der Waals surface area contributed by atoms with Gasteiger partial charge in [0.1, 0.15) is 18.3 Å². The van der Waals surface area contributed by atoms with E-state index in [1.807, 2.05) is 13.8 Å². The number of hydrogen-bond donors (Lipinski definition) is 4. The number of aliphatic hydroxyl groups excluding tert-OH is 3. The molecule has 4 N–H and O–H groups in total. The molecule has 11 nitrogen and oxygen atoms in total. The predicted molar refractivity (Wildman–Crippen MR) is 108 cm³/mol. The Balaban J connectivity index is 1.85. The molecule has 162 valence electrons. The van der Waals surface area contributed by atoms with E-state index in [1.54, 1.807) is 11.6 Å². The first-order valence-corrected chi connectivity index (χ1v) is 10.0. The van der Waals surface area contributed by atoms with Crippen LogP contribution in [0, 0.1) is 0 Å². The molecule has 1 saturated heterocycles. The second-order valence-corrected chi connectivity index (χ2v) is 7.78. The molecule has 1 fully saturated rings. The number of nitrogens with zero attached hydrogens (tertiary/aromatic N) is 6. The van der Waals surface area contributed by atoms with E-state index >= 15 is 0 Å². The van der Waals surface area contributed by atoms with Crippen LogP contribution in [-0.4, -0.2) is 66.8 Å². The van der Waals surface area contributed by atoms with Crippen molar-refractivity contribution in [3.05, 3.63) is 23.4 Å². The van der Waals surface area contributed by atoms with Gasteiger partial charge in [-0.3, -0.25) is 4.57 Å². The number of imidazole rings is 1. The van der Waals surface area contributed by atoms with Crippen molar-refractivity contribution in [2.24, 2.45) is 10.2 Å². The topological polar surface area (TPSA) is 150 Å². The third-order valence-electron chi connectivity index (χ3n) is 5.81. The molecule has 2 aliphatic heterocycles. The SMILES string of the molecule is CCCC1=C(C)N=NC1(C)c1nc(NC)c2ncn([C@@H]3O[C@H](CO)[C@@H](O)[C@H]3O)c2n1. The normalized spacial score (nSPS) is 31.3. The molecular formula is C19H27N7O4. The Kier molecular flexibility index (Phi) is 5.30. The third kappa shape index (κ3) is 3.00. The van der Waals surface area contributed by atoms with Gasteiger partial charge in [0.2, 0.25) is 0 Å². The van der Waals surface area contributed by atoms with Crippen LogP contribution in [0.2, 0.25) is 0 Å². The zero-order chi connectivity index (χ0) is 21.6. The molecule has 4 rings (SSSR count). The largest absolute Gasteiger partial charge is 0.394 e.